The van der Waals surface area contributed by atoms with E-state index in [1.807, 2.05) is 24.3 Å². The van der Waals surface area contributed by atoms with Gasteiger partial charge in [0, 0.05) is 28.3 Å². The van der Waals surface area contributed by atoms with Crippen LogP contribution in [-0.2, 0) is 4.79 Å². The van der Waals surface area contributed by atoms with E-state index in [9.17, 15) is 9.18 Å². The minimum Gasteiger partial charge on any atom is -0.372 e. The first-order chi connectivity index (χ1) is 15.0. The fourth-order valence-electron chi connectivity index (χ4n) is 4.57. The first kappa shape index (κ1) is 19.8. The van der Waals surface area contributed by atoms with Crippen molar-refractivity contribution in [1.82, 2.24) is 0 Å². The molecule has 0 aromatic heterocycles. The topological polar surface area (TPSA) is 41.1 Å². The van der Waals surface area contributed by atoms with Crippen molar-refractivity contribution in [3.63, 3.8) is 0 Å². The Morgan fingerprint density at radius 2 is 1.68 bits per heavy atom. The number of halogens is 2. The number of para-hydroxylation sites is 2. The molecule has 1 aliphatic heterocycles. The van der Waals surface area contributed by atoms with Crippen LogP contribution >= 0.6 is 11.6 Å². The Bertz CT molecular complexity index is 1180. The second-order valence-corrected chi connectivity index (χ2v) is 8.62. The summed E-state index contributed by atoms with van der Waals surface area (Å²) in [6.45, 7) is 2.05. The Hall–Kier alpha value is -3.11. The number of allylic oxidation sites excluding steroid dienone is 1. The third-order valence-corrected chi connectivity index (χ3v) is 6.48. The van der Waals surface area contributed by atoms with Crippen molar-refractivity contribution in [2.75, 3.05) is 10.6 Å². The van der Waals surface area contributed by atoms with Gasteiger partial charge in [0.2, 0.25) is 0 Å². The van der Waals surface area contributed by atoms with E-state index in [0.29, 0.717) is 29.0 Å². The van der Waals surface area contributed by atoms with Gasteiger partial charge in [-0.15, -0.1) is 0 Å². The number of aryl methyl sites for hydroxylation is 1. The first-order valence-corrected chi connectivity index (χ1v) is 10.8. The molecule has 3 aromatic carbocycles. The van der Waals surface area contributed by atoms with Gasteiger partial charge in [-0.2, -0.15) is 0 Å². The van der Waals surface area contributed by atoms with Crippen LogP contribution in [0.5, 0.6) is 0 Å². The van der Waals surface area contributed by atoms with Crippen LogP contribution in [-0.4, -0.2) is 5.78 Å². The quantitative estimate of drug-likeness (QED) is 0.469. The first-order valence-electron chi connectivity index (χ1n) is 10.4. The van der Waals surface area contributed by atoms with Gasteiger partial charge in [0.15, 0.2) is 5.78 Å². The Balaban J connectivity index is 1.64. The molecule has 3 nitrogen and oxygen atoms in total. The third kappa shape index (κ3) is 3.61. The number of Topliss-reactive ketones (excluding diaryl/α,β-unsaturated/α-hetero) is 1. The largest absolute Gasteiger partial charge is 0.372 e. The lowest BCUT2D eigenvalue weighted by molar-refractivity contribution is -0.116. The van der Waals surface area contributed by atoms with E-state index < -0.39 is 11.9 Å². The van der Waals surface area contributed by atoms with Crippen LogP contribution in [0.4, 0.5) is 15.8 Å². The number of carbonyl (C=O) groups is 1. The number of anilines is 2. The van der Waals surface area contributed by atoms with Crippen molar-refractivity contribution in [2.24, 2.45) is 0 Å². The van der Waals surface area contributed by atoms with Crippen molar-refractivity contribution >= 4 is 28.8 Å². The normalized spacial score (nSPS) is 20.3. The van der Waals surface area contributed by atoms with Crippen LogP contribution in [0, 0.1) is 12.7 Å². The van der Waals surface area contributed by atoms with Crippen molar-refractivity contribution in [3.8, 4) is 0 Å². The summed E-state index contributed by atoms with van der Waals surface area (Å²) >= 11 is 6.43. The number of ketones is 1. The molecule has 2 atom stereocenters. The monoisotopic (exact) mass is 432 g/mol. The molecule has 2 aliphatic rings. The summed E-state index contributed by atoms with van der Waals surface area (Å²) in [4.78, 5) is 13.5. The molecular weight excluding hydrogens is 411 g/mol. The molecule has 0 amide bonds. The molecule has 0 unspecified atom stereocenters. The van der Waals surface area contributed by atoms with Gasteiger partial charge < -0.3 is 10.6 Å². The maximum Gasteiger partial charge on any atom is 0.163 e. The molecule has 5 rings (SSSR count). The number of benzene rings is 3. The van der Waals surface area contributed by atoms with E-state index in [2.05, 4.69) is 41.8 Å². The molecule has 1 heterocycles. The van der Waals surface area contributed by atoms with E-state index in [-0.39, 0.29) is 11.7 Å². The molecule has 0 saturated carbocycles. The average Bonchev–Trinajstić information content (AvgIpc) is 2.91. The molecule has 0 saturated heterocycles. The number of hydrogen-bond donors (Lipinski definition) is 2. The van der Waals surface area contributed by atoms with E-state index in [4.69, 9.17) is 11.6 Å². The zero-order valence-corrected chi connectivity index (χ0v) is 17.8. The summed E-state index contributed by atoms with van der Waals surface area (Å²) in [5, 5.41) is 7.16. The molecule has 0 fully saturated rings. The van der Waals surface area contributed by atoms with Crippen molar-refractivity contribution in [2.45, 2.75) is 31.7 Å². The Morgan fingerprint density at radius 1 is 0.935 bits per heavy atom. The molecule has 1 aliphatic carbocycles. The molecule has 5 heteroatoms. The number of rotatable bonds is 2. The summed E-state index contributed by atoms with van der Waals surface area (Å²) in [6, 6.07) is 20.0. The highest BCUT2D eigenvalue weighted by Crippen LogP contribution is 2.45. The zero-order valence-electron chi connectivity index (χ0n) is 17.1. The van der Waals surface area contributed by atoms with E-state index in [1.165, 1.54) is 11.6 Å². The molecular formula is C26H22ClFN2O. The highest BCUT2D eigenvalue weighted by atomic mass is 35.5. The van der Waals surface area contributed by atoms with Crippen LogP contribution in [0.25, 0.3) is 0 Å². The molecule has 3 aromatic rings. The predicted octanol–water partition coefficient (Wildman–Crippen LogP) is 6.77. The molecule has 2 N–H and O–H groups in total. The standard InChI is InChI=1S/C26H22ClFN2O/c1-15-9-11-16(12-10-15)17-13-22-25(23(31)14-17)26(24-18(27)5-4-6-19(24)28)30-21-8-3-2-7-20(21)29-22/h2-12,17,26,29-30H,13-14H2,1H3/t17-,26+/m1/s1. The predicted molar refractivity (Wildman–Crippen MR) is 123 cm³/mol. The maximum absolute atomic E-state index is 14.9. The van der Waals surface area contributed by atoms with Crippen LogP contribution in [0.2, 0.25) is 5.02 Å². The van der Waals surface area contributed by atoms with Crippen molar-refractivity contribution in [3.05, 3.63) is 106 Å². The highest BCUT2D eigenvalue weighted by Gasteiger charge is 2.37. The van der Waals surface area contributed by atoms with Crippen LogP contribution in [0.1, 0.15) is 41.5 Å². The van der Waals surface area contributed by atoms with Gasteiger partial charge in [-0.25, -0.2) is 4.39 Å². The molecule has 0 spiro atoms. The summed E-state index contributed by atoms with van der Waals surface area (Å²) in [5.41, 5.74) is 5.68. The molecule has 0 bridgehead atoms. The Kier molecular flexibility index (Phi) is 5.03. The average molecular weight is 433 g/mol. The second kappa shape index (κ2) is 7.86. The SMILES string of the molecule is Cc1ccc([C@H]2CC(=O)C3=C(C2)Nc2ccccc2N[C@H]3c2c(F)cccc2Cl)cc1. The maximum atomic E-state index is 14.9. The third-order valence-electron chi connectivity index (χ3n) is 6.15. The second-order valence-electron chi connectivity index (χ2n) is 8.21. The lowest BCUT2D eigenvalue weighted by Crippen LogP contribution is -2.27. The van der Waals surface area contributed by atoms with Crippen molar-refractivity contribution < 1.29 is 9.18 Å². The lowest BCUT2D eigenvalue weighted by Gasteiger charge is -2.30. The number of carbonyl (C=O) groups excluding carboxylic acids is 1. The minimum atomic E-state index is -0.661. The Morgan fingerprint density at radius 3 is 2.42 bits per heavy atom. The minimum absolute atomic E-state index is 0.00366. The van der Waals surface area contributed by atoms with Gasteiger partial charge in [-0.05, 0) is 49.1 Å². The summed E-state index contributed by atoms with van der Waals surface area (Å²) in [5.74, 6) is -0.352. The highest BCUT2D eigenvalue weighted by molar-refractivity contribution is 6.31. The summed E-state index contributed by atoms with van der Waals surface area (Å²) in [6.07, 6.45) is 1.05. The summed E-state index contributed by atoms with van der Waals surface area (Å²) in [7, 11) is 0. The van der Waals surface area contributed by atoms with Crippen LogP contribution in [0.15, 0.2) is 78.0 Å². The fourth-order valence-corrected chi connectivity index (χ4v) is 4.84. The summed E-state index contributed by atoms with van der Waals surface area (Å²) < 4.78 is 14.9. The Labute approximate surface area is 185 Å². The van der Waals surface area contributed by atoms with Crippen molar-refractivity contribution in [1.29, 1.82) is 0 Å². The lowest BCUT2D eigenvalue weighted by atomic mass is 9.78. The molecule has 0 radical (unpaired) electrons. The van der Waals surface area contributed by atoms with Crippen LogP contribution < -0.4 is 10.6 Å². The molecule has 156 valence electrons. The van der Waals surface area contributed by atoms with Gasteiger partial charge in [0.1, 0.15) is 5.82 Å². The van der Waals surface area contributed by atoms with Crippen LogP contribution in [0.3, 0.4) is 0 Å². The van der Waals surface area contributed by atoms with Gasteiger partial charge in [-0.1, -0.05) is 59.6 Å². The smallest absolute Gasteiger partial charge is 0.163 e. The zero-order chi connectivity index (χ0) is 21.5. The van der Waals surface area contributed by atoms with Gasteiger partial charge in [0.25, 0.3) is 0 Å². The number of fused-ring (bicyclic) bond motifs is 1. The van der Waals surface area contributed by atoms with E-state index in [1.54, 1.807) is 12.1 Å². The fraction of sp³-hybridized carbons (Fsp3) is 0.192. The number of hydrogen-bond acceptors (Lipinski definition) is 3. The van der Waals surface area contributed by atoms with Gasteiger partial charge >= 0.3 is 0 Å². The van der Waals surface area contributed by atoms with E-state index in [0.717, 1.165) is 22.6 Å². The van der Waals surface area contributed by atoms with E-state index >= 15 is 0 Å². The number of nitrogens with one attached hydrogen (secondary N) is 2. The van der Waals surface area contributed by atoms with Gasteiger partial charge in [0.05, 0.1) is 17.4 Å². The van der Waals surface area contributed by atoms with Gasteiger partial charge in [-0.3, -0.25) is 4.79 Å². The molecule has 31 heavy (non-hydrogen) atoms.